The van der Waals surface area contributed by atoms with Crippen molar-refractivity contribution < 1.29 is 4.39 Å². The van der Waals surface area contributed by atoms with Crippen LogP contribution in [0, 0.1) is 12.7 Å². The van der Waals surface area contributed by atoms with Crippen LogP contribution in [0.1, 0.15) is 29.7 Å². The van der Waals surface area contributed by atoms with E-state index < -0.39 is 0 Å². The number of rotatable bonds is 0. The number of fused-ring (bicyclic) bond motifs is 3. The van der Waals surface area contributed by atoms with Crippen LogP contribution in [-0.2, 0) is 12.8 Å². The minimum atomic E-state index is -0.110. The molecule has 0 saturated heterocycles. The molecule has 3 rings (SSSR count). The molecular formula is C13H14FN. The highest BCUT2D eigenvalue weighted by Crippen LogP contribution is 2.30. The van der Waals surface area contributed by atoms with Crippen LogP contribution in [-0.4, -0.2) is 4.98 Å². The van der Waals surface area contributed by atoms with Gasteiger partial charge < -0.3 is 4.98 Å². The summed E-state index contributed by atoms with van der Waals surface area (Å²) in [4.78, 5) is 3.34. The molecule has 1 aliphatic rings. The number of hydrogen-bond acceptors (Lipinski definition) is 0. The van der Waals surface area contributed by atoms with Gasteiger partial charge in [0.15, 0.2) is 0 Å². The van der Waals surface area contributed by atoms with Crippen molar-refractivity contribution in [1.29, 1.82) is 0 Å². The molecule has 0 amide bonds. The molecule has 0 aliphatic heterocycles. The Morgan fingerprint density at radius 3 is 2.87 bits per heavy atom. The predicted octanol–water partition coefficient (Wildman–Crippen LogP) is 3.49. The monoisotopic (exact) mass is 203 g/mol. The van der Waals surface area contributed by atoms with Gasteiger partial charge in [-0.2, -0.15) is 0 Å². The largest absolute Gasteiger partial charge is 0.358 e. The second-order valence-electron chi connectivity index (χ2n) is 4.44. The van der Waals surface area contributed by atoms with Crippen LogP contribution in [0.15, 0.2) is 12.1 Å². The average molecular weight is 203 g/mol. The van der Waals surface area contributed by atoms with Gasteiger partial charge in [-0.3, -0.25) is 0 Å². The summed E-state index contributed by atoms with van der Waals surface area (Å²) >= 11 is 0. The van der Waals surface area contributed by atoms with Gasteiger partial charge in [-0.25, -0.2) is 4.39 Å². The molecule has 0 fully saturated rings. The highest BCUT2D eigenvalue weighted by molar-refractivity contribution is 5.85. The topological polar surface area (TPSA) is 15.8 Å². The van der Waals surface area contributed by atoms with Crippen molar-refractivity contribution in [2.24, 2.45) is 0 Å². The van der Waals surface area contributed by atoms with Gasteiger partial charge in [0, 0.05) is 16.6 Å². The van der Waals surface area contributed by atoms with Crippen LogP contribution in [0.3, 0.4) is 0 Å². The molecule has 1 nitrogen and oxygen atoms in total. The number of nitrogens with one attached hydrogen (secondary N) is 1. The summed E-state index contributed by atoms with van der Waals surface area (Å²) in [6.45, 7) is 1.83. The van der Waals surface area contributed by atoms with Crippen LogP contribution >= 0.6 is 0 Å². The third-order valence-electron chi connectivity index (χ3n) is 3.38. The molecule has 2 aromatic rings. The SMILES string of the molecule is Cc1cc2c3c([nH]c2cc1F)CCCC3. The first-order chi connectivity index (χ1) is 7.25. The first-order valence-corrected chi connectivity index (χ1v) is 5.55. The van der Waals surface area contributed by atoms with Gasteiger partial charge in [-0.05, 0) is 55.9 Å². The standard InChI is InChI=1S/C13H14FN/c1-8-6-10-9-4-2-3-5-12(9)15-13(10)7-11(8)14/h6-7,15H,2-5H2,1H3. The van der Waals surface area contributed by atoms with E-state index in [1.165, 1.54) is 29.5 Å². The minimum Gasteiger partial charge on any atom is -0.358 e. The average Bonchev–Trinajstić information content (AvgIpc) is 2.57. The summed E-state index contributed by atoms with van der Waals surface area (Å²) in [5.74, 6) is -0.110. The van der Waals surface area contributed by atoms with Crippen molar-refractivity contribution >= 4 is 10.9 Å². The molecule has 0 atom stereocenters. The van der Waals surface area contributed by atoms with Crippen molar-refractivity contribution in [3.8, 4) is 0 Å². The third-order valence-corrected chi connectivity index (χ3v) is 3.38. The summed E-state index contributed by atoms with van der Waals surface area (Å²) in [6.07, 6.45) is 4.77. The molecule has 1 N–H and O–H groups in total. The lowest BCUT2D eigenvalue weighted by atomic mass is 9.95. The Bertz CT molecular complexity index is 525. The van der Waals surface area contributed by atoms with Crippen LogP contribution < -0.4 is 0 Å². The maximum atomic E-state index is 13.4. The van der Waals surface area contributed by atoms with E-state index >= 15 is 0 Å². The van der Waals surface area contributed by atoms with E-state index in [4.69, 9.17) is 0 Å². The third kappa shape index (κ3) is 1.28. The van der Waals surface area contributed by atoms with Gasteiger partial charge in [0.1, 0.15) is 5.82 Å². The number of aromatic nitrogens is 1. The van der Waals surface area contributed by atoms with Gasteiger partial charge >= 0.3 is 0 Å². The fourth-order valence-corrected chi connectivity index (χ4v) is 2.54. The van der Waals surface area contributed by atoms with E-state index in [9.17, 15) is 4.39 Å². The Morgan fingerprint density at radius 2 is 2.00 bits per heavy atom. The summed E-state index contributed by atoms with van der Waals surface area (Å²) in [7, 11) is 0. The van der Waals surface area contributed by atoms with E-state index in [-0.39, 0.29) is 5.82 Å². The van der Waals surface area contributed by atoms with E-state index in [2.05, 4.69) is 4.98 Å². The highest BCUT2D eigenvalue weighted by Gasteiger charge is 2.16. The van der Waals surface area contributed by atoms with Crippen LogP contribution in [0.25, 0.3) is 10.9 Å². The lowest BCUT2D eigenvalue weighted by Crippen LogP contribution is -1.99. The predicted molar refractivity (Wildman–Crippen MR) is 59.6 cm³/mol. The normalized spacial score (nSPS) is 15.6. The van der Waals surface area contributed by atoms with Crippen LogP contribution in [0.2, 0.25) is 0 Å². The molecular weight excluding hydrogens is 189 g/mol. The van der Waals surface area contributed by atoms with Gasteiger partial charge in [0.2, 0.25) is 0 Å². The van der Waals surface area contributed by atoms with Crippen LogP contribution in [0.5, 0.6) is 0 Å². The van der Waals surface area contributed by atoms with Crippen molar-refractivity contribution in [3.05, 3.63) is 34.8 Å². The second-order valence-corrected chi connectivity index (χ2v) is 4.44. The minimum absolute atomic E-state index is 0.110. The Balaban J connectivity index is 2.33. The maximum Gasteiger partial charge on any atom is 0.128 e. The molecule has 0 bridgehead atoms. The van der Waals surface area contributed by atoms with E-state index in [1.54, 1.807) is 6.07 Å². The fraction of sp³-hybridized carbons (Fsp3) is 0.385. The lowest BCUT2D eigenvalue weighted by molar-refractivity contribution is 0.620. The summed E-state index contributed by atoms with van der Waals surface area (Å²) < 4.78 is 13.4. The zero-order chi connectivity index (χ0) is 10.4. The number of H-pyrrole nitrogens is 1. The summed E-state index contributed by atoms with van der Waals surface area (Å²) in [6, 6.07) is 3.61. The van der Waals surface area contributed by atoms with Gasteiger partial charge in [-0.15, -0.1) is 0 Å². The van der Waals surface area contributed by atoms with Crippen molar-refractivity contribution in [1.82, 2.24) is 4.98 Å². The Labute approximate surface area is 88.3 Å². The number of aromatic amines is 1. The Kier molecular flexibility index (Phi) is 1.84. The highest BCUT2D eigenvalue weighted by atomic mass is 19.1. The van der Waals surface area contributed by atoms with Crippen molar-refractivity contribution in [2.45, 2.75) is 32.6 Å². The molecule has 78 valence electrons. The Hall–Kier alpha value is -1.31. The first-order valence-electron chi connectivity index (χ1n) is 5.55. The zero-order valence-corrected chi connectivity index (χ0v) is 8.86. The lowest BCUT2D eigenvalue weighted by Gasteiger charge is -2.10. The smallest absolute Gasteiger partial charge is 0.128 e. The molecule has 1 heterocycles. The Morgan fingerprint density at radius 1 is 1.20 bits per heavy atom. The molecule has 15 heavy (non-hydrogen) atoms. The van der Waals surface area contributed by atoms with Crippen molar-refractivity contribution in [3.63, 3.8) is 0 Å². The second kappa shape index (κ2) is 3.09. The molecule has 1 aromatic carbocycles. The quantitative estimate of drug-likeness (QED) is 0.674. The molecule has 0 unspecified atom stereocenters. The first kappa shape index (κ1) is 8.96. The van der Waals surface area contributed by atoms with E-state index in [1.807, 2.05) is 13.0 Å². The molecule has 0 spiro atoms. The zero-order valence-electron chi connectivity index (χ0n) is 8.86. The number of benzene rings is 1. The molecule has 0 saturated carbocycles. The number of aryl methyl sites for hydroxylation is 3. The van der Waals surface area contributed by atoms with E-state index in [0.29, 0.717) is 0 Å². The number of halogens is 1. The van der Waals surface area contributed by atoms with Crippen LogP contribution in [0.4, 0.5) is 4.39 Å². The van der Waals surface area contributed by atoms with Crippen molar-refractivity contribution in [2.75, 3.05) is 0 Å². The maximum absolute atomic E-state index is 13.4. The molecule has 2 heteroatoms. The van der Waals surface area contributed by atoms with Gasteiger partial charge in [0.25, 0.3) is 0 Å². The number of hydrogen-bond donors (Lipinski definition) is 1. The fourth-order valence-electron chi connectivity index (χ4n) is 2.54. The summed E-state index contributed by atoms with van der Waals surface area (Å²) in [5.41, 5.74) is 4.44. The van der Waals surface area contributed by atoms with Gasteiger partial charge in [-0.1, -0.05) is 0 Å². The summed E-state index contributed by atoms with van der Waals surface area (Å²) in [5, 5.41) is 1.23. The molecule has 1 aliphatic carbocycles. The van der Waals surface area contributed by atoms with Gasteiger partial charge in [0.05, 0.1) is 0 Å². The van der Waals surface area contributed by atoms with E-state index in [0.717, 1.165) is 23.9 Å². The molecule has 0 radical (unpaired) electrons. The molecule has 1 aromatic heterocycles.